The summed E-state index contributed by atoms with van der Waals surface area (Å²) in [5.41, 5.74) is 2.60. The number of rotatable bonds is 3. The van der Waals surface area contributed by atoms with E-state index in [-0.39, 0.29) is 0 Å². The van der Waals surface area contributed by atoms with Crippen molar-refractivity contribution in [2.45, 2.75) is 19.8 Å². The van der Waals surface area contributed by atoms with Crippen LogP contribution in [-0.2, 0) is 0 Å². The van der Waals surface area contributed by atoms with Crippen LogP contribution < -0.4 is 0 Å². The molecule has 0 N–H and O–H groups in total. The van der Waals surface area contributed by atoms with Crippen LogP contribution in [0, 0.1) is 0 Å². The largest absolute Gasteiger partial charge is 0.318 e. The van der Waals surface area contributed by atoms with Gasteiger partial charge in [-0.3, -0.25) is 4.99 Å². The maximum absolute atomic E-state index is 6.36. The van der Waals surface area contributed by atoms with Gasteiger partial charge in [0.15, 0.2) is 5.17 Å². The average molecular weight is 335 g/mol. The second-order valence-corrected chi connectivity index (χ2v) is 7.67. The van der Waals surface area contributed by atoms with Crippen molar-refractivity contribution in [1.29, 1.82) is 0 Å². The first-order valence-corrected chi connectivity index (χ1v) is 9.25. The summed E-state index contributed by atoms with van der Waals surface area (Å²) < 4.78 is 1.26. The lowest BCUT2D eigenvalue weighted by Gasteiger charge is -2.18. The molecule has 0 bridgehead atoms. The molecule has 1 aromatic heterocycles. The normalized spacial score (nSPS) is 17.8. The fraction of sp³-hybridized carbons (Fsp3) is 0.312. The Labute approximate surface area is 137 Å². The van der Waals surface area contributed by atoms with E-state index < -0.39 is 0 Å². The van der Waals surface area contributed by atoms with Crippen molar-refractivity contribution in [3.8, 4) is 0 Å². The van der Waals surface area contributed by atoms with Crippen molar-refractivity contribution < 1.29 is 0 Å². The standard InChI is InChI=1S/C16H15ClN2S2/c1-2-3-13-15(19-6-5-18-16(19)21-13)12-8-10(17)9-14-11(12)4-7-20-14/h4,7-9H,2-3,5-6H2,1H3. The molecule has 2 aliphatic rings. The Morgan fingerprint density at radius 1 is 1.38 bits per heavy atom. The highest BCUT2D eigenvalue weighted by Gasteiger charge is 2.33. The van der Waals surface area contributed by atoms with E-state index in [1.165, 1.54) is 26.3 Å². The van der Waals surface area contributed by atoms with Gasteiger partial charge >= 0.3 is 0 Å². The fourth-order valence-electron chi connectivity index (χ4n) is 2.96. The van der Waals surface area contributed by atoms with Gasteiger partial charge in [-0.05, 0) is 30.0 Å². The summed E-state index contributed by atoms with van der Waals surface area (Å²) in [6, 6.07) is 6.38. The SMILES string of the molecule is CCCC1=C(c2cc(Cl)cc3sccc23)N2CCN=C2S1. The minimum Gasteiger partial charge on any atom is -0.318 e. The van der Waals surface area contributed by atoms with Crippen LogP contribution in [0.15, 0.2) is 33.5 Å². The first kappa shape index (κ1) is 13.7. The molecule has 2 aromatic rings. The summed E-state index contributed by atoms with van der Waals surface area (Å²) in [7, 11) is 0. The highest BCUT2D eigenvalue weighted by atomic mass is 35.5. The number of halogens is 1. The molecule has 0 unspecified atom stereocenters. The molecule has 4 rings (SSSR count). The number of fused-ring (bicyclic) bond motifs is 2. The van der Waals surface area contributed by atoms with E-state index in [9.17, 15) is 0 Å². The zero-order valence-corrected chi connectivity index (χ0v) is 14.1. The maximum atomic E-state index is 6.36. The van der Waals surface area contributed by atoms with Crippen LogP contribution in [0.5, 0.6) is 0 Å². The molecule has 0 amide bonds. The number of amidine groups is 1. The Morgan fingerprint density at radius 3 is 3.14 bits per heavy atom. The monoisotopic (exact) mass is 334 g/mol. The Bertz CT molecular complexity index is 776. The number of benzene rings is 1. The van der Waals surface area contributed by atoms with E-state index in [0.717, 1.165) is 36.1 Å². The number of nitrogens with zero attached hydrogens (tertiary/aromatic N) is 2. The van der Waals surface area contributed by atoms with E-state index >= 15 is 0 Å². The van der Waals surface area contributed by atoms with Crippen molar-refractivity contribution in [3.63, 3.8) is 0 Å². The Kier molecular flexibility index (Phi) is 3.48. The van der Waals surface area contributed by atoms with E-state index in [4.69, 9.17) is 11.6 Å². The minimum absolute atomic E-state index is 0.817. The van der Waals surface area contributed by atoms with Gasteiger partial charge in [-0.1, -0.05) is 36.7 Å². The van der Waals surface area contributed by atoms with Gasteiger partial charge in [-0.2, -0.15) is 0 Å². The van der Waals surface area contributed by atoms with Crippen LogP contribution in [0.1, 0.15) is 25.3 Å². The smallest absolute Gasteiger partial charge is 0.168 e. The van der Waals surface area contributed by atoms with Crippen LogP contribution in [0.2, 0.25) is 5.02 Å². The average Bonchev–Trinajstić information content (AvgIpc) is 3.12. The van der Waals surface area contributed by atoms with Crippen LogP contribution in [0.3, 0.4) is 0 Å². The lowest BCUT2D eigenvalue weighted by molar-refractivity contribution is 0.646. The van der Waals surface area contributed by atoms with Gasteiger partial charge in [0.05, 0.1) is 12.2 Å². The quantitative estimate of drug-likeness (QED) is 0.742. The van der Waals surface area contributed by atoms with Gasteiger partial charge in [-0.15, -0.1) is 11.3 Å². The zero-order chi connectivity index (χ0) is 14.4. The lowest BCUT2D eigenvalue weighted by Crippen LogP contribution is -2.20. The number of thioether (sulfide) groups is 1. The molecular weight excluding hydrogens is 320 g/mol. The zero-order valence-electron chi connectivity index (χ0n) is 11.7. The van der Waals surface area contributed by atoms with Gasteiger partial charge < -0.3 is 4.90 Å². The topological polar surface area (TPSA) is 15.6 Å². The molecule has 1 aromatic carbocycles. The molecule has 108 valence electrons. The fourth-order valence-corrected chi connectivity index (χ4v) is 5.38. The molecule has 0 radical (unpaired) electrons. The summed E-state index contributed by atoms with van der Waals surface area (Å²) in [4.78, 5) is 8.44. The highest BCUT2D eigenvalue weighted by Crippen LogP contribution is 2.46. The van der Waals surface area contributed by atoms with Crippen LogP contribution in [0.4, 0.5) is 0 Å². The van der Waals surface area contributed by atoms with Crippen molar-refractivity contribution in [2.24, 2.45) is 4.99 Å². The molecule has 21 heavy (non-hydrogen) atoms. The summed E-state index contributed by atoms with van der Waals surface area (Å²) in [5, 5.41) is 5.43. The molecule has 3 heterocycles. The maximum Gasteiger partial charge on any atom is 0.168 e. The van der Waals surface area contributed by atoms with Gasteiger partial charge in [-0.25, -0.2) is 0 Å². The molecule has 0 aliphatic carbocycles. The predicted octanol–water partition coefficient (Wildman–Crippen LogP) is 5.44. The van der Waals surface area contributed by atoms with Gasteiger partial charge in [0.25, 0.3) is 0 Å². The van der Waals surface area contributed by atoms with E-state index in [1.807, 2.05) is 11.8 Å². The molecule has 0 saturated carbocycles. The minimum atomic E-state index is 0.817. The second-order valence-electron chi connectivity index (χ2n) is 5.23. The summed E-state index contributed by atoms with van der Waals surface area (Å²) in [6.07, 6.45) is 2.26. The number of hydrogen-bond donors (Lipinski definition) is 0. The summed E-state index contributed by atoms with van der Waals surface area (Å²) in [5.74, 6) is 0. The van der Waals surface area contributed by atoms with Gasteiger partial charge in [0, 0.05) is 32.1 Å². The third-order valence-electron chi connectivity index (χ3n) is 3.82. The summed E-state index contributed by atoms with van der Waals surface area (Å²) in [6.45, 7) is 4.12. The predicted molar refractivity (Wildman–Crippen MR) is 95.3 cm³/mol. The van der Waals surface area contributed by atoms with Crippen LogP contribution in [-0.4, -0.2) is 23.2 Å². The third kappa shape index (κ3) is 2.20. The van der Waals surface area contributed by atoms with E-state index in [1.54, 1.807) is 11.3 Å². The molecule has 0 spiro atoms. The van der Waals surface area contributed by atoms with E-state index in [0.29, 0.717) is 0 Å². The molecule has 0 saturated heterocycles. The van der Waals surface area contributed by atoms with Gasteiger partial charge in [0.1, 0.15) is 0 Å². The molecule has 0 fully saturated rings. The molecule has 2 nitrogen and oxygen atoms in total. The number of hydrogen-bond acceptors (Lipinski definition) is 4. The van der Waals surface area contributed by atoms with Crippen molar-refractivity contribution >= 4 is 55.7 Å². The third-order valence-corrected chi connectivity index (χ3v) is 6.08. The number of thiophene rings is 1. The Balaban J connectivity index is 1.94. The highest BCUT2D eigenvalue weighted by molar-refractivity contribution is 8.17. The van der Waals surface area contributed by atoms with Crippen molar-refractivity contribution in [1.82, 2.24) is 4.90 Å². The molecule has 2 aliphatic heterocycles. The Morgan fingerprint density at radius 2 is 2.29 bits per heavy atom. The van der Waals surface area contributed by atoms with Crippen molar-refractivity contribution in [3.05, 3.63) is 39.1 Å². The van der Waals surface area contributed by atoms with Gasteiger partial charge in [0.2, 0.25) is 0 Å². The number of allylic oxidation sites excluding steroid dienone is 1. The van der Waals surface area contributed by atoms with Crippen LogP contribution >= 0.6 is 34.7 Å². The molecule has 0 atom stereocenters. The lowest BCUT2D eigenvalue weighted by atomic mass is 10.0. The summed E-state index contributed by atoms with van der Waals surface area (Å²) >= 11 is 9.95. The second kappa shape index (κ2) is 5.34. The Hall–Kier alpha value is -0.970. The van der Waals surface area contributed by atoms with E-state index in [2.05, 4.69) is 40.4 Å². The van der Waals surface area contributed by atoms with Crippen molar-refractivity contribution in [2.75, 3.05) is 13.1 Å². The first-order valence-electron chi connectivity index (χ1n) is 7.18. The van der Waals surface area contributed by atoms with Crippen LogP contribution in [0.25, 0.3) is 15.8 Å². The number of aliphatic imine (C=N–C) groups is 1. The molecular formula is C16H15ClN2S2. The molecule has 5 heteroatoms. The first-order chi connectivity index (χ1) is 10.3.